The maximum Gasteiger partial charge on any atom is 0.268 e. The summed E-state index contributed by atoms with van der Waals surface area (Å²) in [5.41, 5.74) is 0.670. The zero-order chi connectivity index (χ0) is 20.1. The molecule has 0 saturated carbocycles. The van der Waals surface area contributed by atoms with Gasteiger partial charge in [-0.25, -0.2) is 0 Å². The molecule has 0 aromatic heterocycles. The molecule has 3 atom stereocenters. The summed E-state index contributed by atoms with van der Waals surface area (Å²) in [5, 5.41) is 2.98. The minimum absolute atomic E-state index is 0.0352. The molecule has 1 aromatic carbocycles. The first-order valence-electron chi connectivity index (χ1n) is 10.5. The first kappa shape index (κ1) is 20.6. The topological polar surface area (TPSA) is 61.9 Å². The van der Waals surface area contributed by atoms with E-state index in [9.17, 15) is 9.59 Å². The van der Waals surface area contributed by atoms with Gasteiger partial charge in [-0.3, -0.25) is 14.5 Å². The van der Waals surface area contributed by atoms with Crippen molar-refractivity contribution in [3.8, 4) is 5.75 Å². The molecule has 6 heteroatoms. The molecular formula is C22H33N3O3. The minimum atomic E-state index is -0.522. The van der Waals surface area contributed by atoms with Gasteiger partial charge in [-0.15, -0.1) is 0 Å². The Labute approximate surface area is 168 Å². The van der Waals surface area contributed by atoms with Crippen molar-refractivity contribution < 1.29 is 14.3 Å². The van der Waals surface area contributed by atoms with Gasteiger partial charge < -0.3 is 15.0 Å². The highest BCUT2D eigenvalue weighted by Gasteiger charge is 2.34. The fourth-order valence-electron chi connectivity index (χ4n) is 4.40. The molecule has 0 aliphatic carbocycles. The van der Waals surface area contributed by atoms with Gasteiger partial charge in [0, 0.05) is 19.6 Å². The Balaban J connectivity index is 1.48. The van der Waals surface area contributed by atoms with Crippen molar-refractivity contribution in [2.75, 3.05) is 37.6 Å². The average molecular weight is 388 g/mol. The van der Waals surface area contributed by atoms with Crippen LogP contribution in [0.1, 0.15) is 40.0 Å². The number of anilines is 1. The summed E-state index contributed by atoms with van der Waals surface area (Å²) >= 11 is 0. The number of carbonyl (C=O) groups excluding carboxylic acids is 2. The number of benzene rings is 1. The molecule has 28 heavy (non-hydrogen) atoms. The summed E-state index contributed by atoms with van der Waals surface area (Å²) in [6.07, 6.45) is 2.29. The maximum atomic E-state index is 12.7. The Bertz CT molecular complexity index is 683. The van der Waals surface area contributed by atoms with Crippen molar-refractivity contribution in [1.29, 1.82) is 0 Å². The Morgan fingerprint density at radius 1 is 1.21 bits per heavy atom. The maximum absolute atomic E-state index is 12.7. The number of hydrogen-bond acceptors (Lipinski definition) is 4. The Morgan fingerprint density at radius 2 is 1.93 bits per heavy atom. The van der Waals surface area contributed by atoms with Gasteiger partial charge in [0.1, 0.15) is 12.3 Å². The number of likely N-dealkylation sites (tertiary alicyclic amines) is 1. The zero-order valence-electron chi connectivity index (χ0n) is 17.3. The van der Waals surface area contributed by atoms with Crippen LogP contribution < -0.4 is 15.0 Å². The number of piperidine rings is 1. The fraction of sp³-hybridized carbons (Fsp3) is 0.636. The van der Waals surface area contributed by atoms with Crippen molar-refractivity contribution in [2.24, 2.45) is 11.8 Å². The third kappa shape index (κ3) is 5.04. The lowest BCUT2D eigenvalue weighted by atomic mass is 9.92. The Morgan fingerprint density at radius 3 is 2.64 bits per heavy atom. The van der Waals surface area contributed by atoms with Crippen LogP contribution in [0.5, 0.6) is 5.75 Å². The van der Waals surface area contributed by atoms with Crippen LogP contribution in [0.15, 0.2) is 24.3 Å². The van der Waals surface area contributed by atoms with E-state index in [0.717, 1.165) is 37.9 Å². The van der Waals surface area contributed by atoms with Crippen LogP contribution in [0.25, 0.3) is 0 Å². The lowest BCUT2D eigenvalue weighted by molar-refractivity contribution is -0.129. The van der Waals surface area contributed by atoms with Gasteiger partial charge in [0.05, 0.1) is 5.69 Å². The predicted molar refractivity (Wildman–Crippen MR) is 111 cm³/mol. The van der Waals surface area contributed by atoms with Crippen molar-refractivity contribution in [3.05, 3.63) is 24.3 Å². The molecule has 3 unspecified atom stereocenters. The van der Waals surface area contributed by atoms with E-state index in [1.165, 1.54) is 6.42 Å². The lowest BCUT2D eigenvalue weighted by Gasteiger charge is -2.35. The van der Waals surface area contributed by atoms with Gasteiger partial charge in [-0.1, -0.05) is 32.9 Å². The van der Waals surface area contributed by atoms with E-state index >= 15 is 0 Å². The van der Waals surface area contributed by atoms with Crippen LogP contribution in [-0.4, -0.2) is 55.5 Å². The summed E-state index contributed by atoms with van der Waals surface area (Å²) < 4.78 is 5.76. The molecule has 0 spiro atoms. The molecule has 6 nitrogen and oxygen atoms in total. The monoisotopic (exact) mass is 387 g/mol. The highest BCUT2D eigenvalue weighted by Crippen LogP contribution is 2.34. The quantitative estimate of drug-likeness (QED) is 0.731. The molecule has 0 bridgehead atoms. The molecule has 2 amide bonds. The van der Waals surface area contributed by atoms with Crippen LogP contribution >= 0.6 is 0 Å². The summed E-state index contributed by atoms with van der Waals surface area (Å²) in [6, 6.07) is 7.40. The van der Waals surface area contributed by atoms with E-state index in [0.29, 0.717) is 24.4 Å². The number of para-hydroxylation sites is 2. The van der Waals surface area contributed by atoms with E-state index in [1.807, 2.05) is 31.2 Å². The molecule has 154 valence electrons. The summed E-state index contributed by atoms with van der Waals surface area (Å²) in [6.45, 7) is 10.5. The molecule has 1 fully saturated rings. The average Bonchev–Trinajstić information content (AvgIpc) is 2.66. The first-order chi connectivity index (χ1) is 13.5. The number of hydrogen-bond donors (Lipinski definition) is 1. The summed E-state index contributed by atoms with van der Waals surface area (Å²) in [4.78, 5) is 29.2. The van der Waals surface area contributed by atoms with Crippen LogP contribution in [-0.2, 0) is 9.59 Å². The second-order valence-corrected chi connectivity index (χ2v) is 8.32. The van der Waals surface area contributed by atoms with Gasteiger partial charge in [-0.05, 0) is 49.8 Å². The molecule has 0 radical (unpaired) electrons. The second kappa shape index (κ2) is 9.41. The predicted octanol–water partition coefficient (Wildman–Crippen LogP) is 2.67. The van der Waals surface area contributed by atoms with Crippen LogP contribution in [0.3, 0.4) is 0 Å². The Kier molecular flexibility index (Phi) is 6.94. The molecule has 3 rings (SSSR count). The molecule has 2 aliphatic rings. The van der Waals surface area contributed by atoms with Crippen molar-refractivity contribution in [3.63, 3.8) is 0 Å². The second-order valence-electron chi connectivity index (χ2n) is 8.32. The molecule has 2 heterocycles. The van der Waals surface area contributed by atoms with Crippen LogP contribution in [0.2, 0.25) is 0 Å². The lowest BCUT2D eigenvalue weighted by Crippen LogP contribution is -2.49. The minimum Gasteiger partial charge on any atom is -0.478 e. The Hall–Kier alpha value is -2.08. The van der Waals surface area contributed by atoms with Gasteiger partial charge >= 0.3 is 0 Å². The molecule has 1 saturated heterocycles. The molecule has 1 N–H and O–H groups in total. The largest absolute Gasteiger partial charge is 0.478 e. The normalized spacial score (nSPS) is 25.2. The highest BCUT2D eigenvalue weighted by molar-refractivity contribution is 6.03. The number of ether oxygens (including phenoxy) is 1. The smallest absolute Gasteiger partial charge is 0.268 e. The number of fused-ring (bicyclic) bond motifs is 1. The van der Waals surface area contributed by atoms with Gasteiger partial charge in [0.2, 0.25) is 5.91 Å². The van der Waals surface area contributed by atoms with Crippen molar-refractivity contribution in [1.82, 2.24) is 10.2 Å². The summed E-state index contributed by atoms with van der Waals surface area (Å²) in [5.74, 6) is 1.89. The number of amides is 2. The highest BCUT2D eigenvalue weighted by atomic mass is 16.5. The van der Waals surface area contributed by atoms with Crippen molar-refractivity contribution in [2.45, 2.75) is 46.1 Å². The number of nitrogens with one attached hydrogen (secondary N) is 1. The van der Waals surface area contributed by atoms with Gasteiger partial charge in [-0.2, -0.15) is 0 Å². The molecule has 2 aliphatic heterocycles. The molecule has 1 aromatic rings. The van der Waals surface area contributed by atoms with E-state index in [1.54, 1.807) is 4.90 Å². The number of nitrogens with zero attached hydrogens (tertiary/aromatic N) is 2. The SMILES string of the molecule is CCC1Oc2ccccc2N(CC(=O)NCCCN2CC(C)CC(C)C2)C1=O. The van der Waals surface area contributed by atoms with Gasteiger partial charge in [0.15, 0.2) is 6.10 Å². The van der Waals surface area contributed by atoms with Gasteiger partial charge in [0.25, 0.3) is 5.91 Å². The van der Waals surface area contributed by atoms with Crippen LogP contribution in [0, 0.1) is 11.8 Å². The third-order valence-corrected chi connectivity index (χ3v) is 5.56. The number of rotatable bonds is 7. The fourth-order valence-corrected chi connectivity index (χ4v) is 4.40. The molecular weight excluding hydrogens is 354 g/mol. The van der Waals surface area contributed by atoms with E-state index in [4.69, 9.17) is 4.74 Å². The van der Waals surface area contributed by atoms with Crippen LogP contribution in [0.4, 0.5) is 5.69 Å². The third-order valence-electron chi connectivity index (χ3n) is 5.56. The van der Waals surface area contributed by atoms with Crippen molar-refractivity contribution >= 4 is 17.5 Å². The standard InChI is InChI=1S/C22H33N3O3/c1-4-19-22(27)25(18-8-5-6-9-20(18)28-19)15-21(26)23-10-7-11-24-13-16(2)12-17(3)14-24/h5-6,8-9,16-17,19H,4,7,10-15H2,1-3H3,(H,23,26). The van der Waals surface area contributed by atoms with E-state index in [2.05, 4.69) is 24.1 Å². The first-order valence-corrected chi connectivity index (χ1v) is 10.5. The van der Waals surface area contributed by atoms with E-state index < -0.39 is 6.10 Å². The summed E-state index contributed by atoms with van der Waals surface area (Å²) in [7, 11) is 0. The number of carbonyl (C=O) groups is 2. The zero-order valence-corrected chi connectivity index (χ0v) is 17.3. The van der Waals surface area contributed by atoms with E-state index in [-0.39, 0.29) is 18.4 Å².